The molecule has 3 N–H and O–H groups in total. The van der Waals surface area contributed by atoms with E-state index in [-0.39, 0.29) is 10.9 Å². The molecule has 1 aliphatic rings. The number of aromatic nitrogens is 2. The summed E-state index contributed by atoms with van der Waals surface area (Å²) in [4.78, 5) is 25.1. The Kier molecular flexibility index (Phi) is 3.77. The quantitative estimate of drug-likeness (QED) is 0.647. The molecule has 0 aromatic carbocycles. The minimum atomic E-state index is -1.30. The van der Waals surface area contributed by atoms with E-state index in [4.69, 9.17) is 4.74 Å². The summed E-state index contributed by atoms with van der Waals surface area (Å²) in [6.45, 7) is 3.07. The van der Waals surface area contributed by atoms with E-state index in [9.17, 15) is 19.8 Å². The highest BCUT2D eigenvalue weighted by Gasteiger charge is 2.46. The van der Waals surface area contributed by atoms with E-state index in [0.29, 0.717) is 0 Å². The molecule has 2 rings (SSSR count). The van der Waals surface area contributed by atoms with Crippen LogP contribution in [-0.4, -0.2) is 38.1 Å². The summed E-state index contributed by atoms with van der Waals surface area (Å²) in [6, 6.07) is 0. The van der Waals surface area contributed by atoms with Crippen LogP contribution >= 0.6 is 15.9 Å². The van der Waals surface area contributed by atoms with Gasteiger partial charge in [0.05, 0.1) is 17.2 Å². The Morgan fingerprint density at radius 3 is 2.89 bits per heavy atom. The highest BCUT2D eigenvalue weighted by molar-refractivity contribution is 9.10. The normalized spacial score (nSPS) is 30.5. The summed E-state index contributed by atoms with van der Waals surface area (Å²) in [6.07, 6.45) is 0.919. The van der Waals surface area contributed by atoms with Gasteiger partial charge in [-0.05, 0) is 15.9 Å². The summed E-state index contributed by atoms with van der Waals surface area (Å²) < 4.78 is 6.84. The average molecular weight is 333 g/mol. The molecule has 0 amide bonds. The number of nitrogens with zero attached hydrogens (tertiary/aromatic N) is 1. The lowest BCUT2D eigenvalue weighted by atomic mass is 9.98. The first-order chi connectivity index (χ1) is 8.93. The molecular formula is C11H13BrN2O5. The Morgan fingerprint density at radius 1 is 1.68 bits per heavy atom. The van der Waals surface area contributed by atoms with Gasteiger partial charge in [-0.2, -0.15) is 0 Å². The van der Waals surface area contributed by atoms with Crippen molar-refractivity contribution in [2.45, 2.75) is 24.4 Å². The lowest BCUT2D eigenvalue weighted by Gasteiger charge is -2.26. The SMILES string of the molecule is C=C[C@]1(CO)O[C@H](n2cc(Br)c(=O)[nH]c2=O)C[C@@H]1O. The second kappa shape index (κ2) is 5.04. The monoisotopic (exact) mass is 332 g/mol. The number of aromatic amines is 1. The molecule has 19 heavy (non-hydrogen) atoms. The molecular weight excluding hydrogens is 320 g/mol. The van der Waals surface area contributed by atoms with Crippen molar-refractivity contribution in [1.82, 2.24) is 9.55 Å². The molecule has 3 atom stereocenters. The van der Waals surface area contributed by atoms with Crippen molar-refractivity contribution < 1.29 is 14.9 Å². The predicted molar refractivity (Wildman–Crippen MR) is 69.8 cm³/mol. The fourth-order valence-electron chi connectivity index (χ4n) is 2.01. The van der Waals surface area contributed by atoms with E-state index < -0.39 is 35.8 Å². The number of rotatable bonds is 3. The van der Waals surface area contributed by atoms with E-state index in [2.05, 4.69) is 27.5 Å². The van der Waals surface area contributed by atoms with Crippen LogP contribution < -0.4 is 11.2 Å². The second-order valence-electron chi connectivity index (χ2n) is 4.28. The van der Waals surface area contributed by atoms with Crippen LogP contribution in [-0.2, 0) is 4.74 Å². The molecule has 0 saturated carbocycles. The maximum absolute atomic E-state index is 11.7. The average Bonchev–Trinajstić information content (AvgIpc) is 2.71. The lowest BCUT2D eigenvalue weighted by molar-refractivity contribution is -0.0974. The Hall–Kier alpha value is -1.22. The van der Waals surface area contributed by atoms with Crippen LogP contribution in [0.2, 0.25) is 0 Å². The van der Waals surface area contributed by atoms with Crippen molar-refractivity contribution in [2.24, 2.45) is 0 Å². The number of ether oxygens (including phenoxy) is 1. The van der Waals surface area contributed by atoms with Gasteiger partial charge < -0.3 is 14.9 Å². The fourth-order valence-corrected chi connectivity index (χ4v) is 2.33. The van der Waals surface area contributed by atoms with Gasteiger partial charge in [0.1, 0.15) is 11.8 Å². The van der Waals surface area contributed by atoms with E-state index in [1.54, 1.807) is 0 Å². The zero-order valence-corrected chi connectivity index (χ0v) is 11.5. The molecule has 2 heterocycles. The minimum absolute atomic E-state index is 0.102. The molecule has 104 valence electrons. The molecule has 8 heteroatoms. The summed E-state index contributed by atoms with van der Waals surface area (Å²) in [5.41, 5.74) is -2.49. The number of aliphatic hydroxyl groups excluding tert-OH is 2. The van der Waals surface area contributed by atoms with Gasteiger partial charge in [0.2, 0.25) is 0 Å². The van der Waals surface area contributed by atoms with Gasteiger partial charge in [-0.25, -0.2) is 4.79 Å². The summed E-state index contributed by atoms with van der Waals surface area (Å²) in [5, 5.41) is 19.2. The fraction of sp³-hybridized carbons (Fsp3) is 0.455. The van der Waals surface area contributed by atoms with Crippen molar-refractivity contribution in [1.29, 1.82) is 0 Å². The number of nitrogens with one attached hydrogen (secondary N) is 1. The van der Waals surface area contributed by atoms with E-state index >= 15 is 0 Å². The van der Waals surface area contributed by atoms with Crippen LogP contribution in [0.1, 0.15) is 12.6 Å². The molecule has 0 bridgehead atoms. The molecule has 0 spiro atoms. The van der Waals surface area contributed by atoms with Crippen LogP contribution in [0, 0.1) is 0 Å². The molecule has 1 aromatic heterocycles. The lowest BCUT2D eigenvalue weighted by Crippen LogP contribution is -2.41. The van der Waals surface area contributed by atoms with Crippen molar-refractivity contribution >= 4 is 15.9 Å². The van der Waals surface area contributed by atoms with E-state index in [1.807, 2.05) is 0 Å². The van der Waals surface area contributed by atoms with Crippen molar-refractivity contribution in [3.8, 4) is 0 Å². The number of hydrogen-bond donors (Lipinski definition) is 3. The molecule has 0 radical (unpaired) electrons. The van der Waals surface area contributed by atoms with Crippen LogP contribution in [0.3, 0.4) is 0 Å². The third-order valence-electron chi connectivity index (χ3n) is 3.17. The standard InChI is InChI=1S/C11H13BrN2O5/c1-2-11(5-15)7(16)3-8(19-11)14-4-6(12)9(17)13-10(14)18/h2,4,7-8,15-16H,1,3,5H2,(H,13,17,18)/t7-,8-,11+/m0/s1. The van der Waals surface area contributed by atoms with Gasteiger partial charge in [0.25, 0.3) is 5.56 Å². The first-order valence-corrected chi connectivity index (χ1v) is 6.34. The van der Waals surface area contributed by atoms with Crippen molar-refractivity contribution in [3.63, 3.8) is 0 Å². The van der Waals surface area contributed by atoms with Crippen LogP contribution in [0.15, 0.2) is 32.9 Å². The highest BCUT2D eigenvalue weighted by atomic mass is 79.9. The Balaban J connectivity index is 2.41. The molecule has 1 saturated heterocycles. The second-order valence-corrected chi connectivity index (χ2v) is 5.14. The summed E-state index contributed by atoms with van der Waals surface area (Å²) in [5.74, 6) is 0. The molecule has 0 aliphatic carbocycles. The minimum Gasteiger partial charge on any atom is -0.393 e. The zero-order chi connectivity index (χ0) is 14.2. The predicted octanol–water partition coefficient (Wildman–Crippen LogP) is -0.504. The number of H-pyrrole nitrogens is 1. The summed E-state index contributed by atoms with van der Waals surface area (Å²) >= 11 is 3.01. The number of aliphatic hydroxyl groups is 2. The first-order valence-electron chi connectivity index (χ1n) is 5.55. The van der Waals surface area contributed by atoms with Gasteiger partial charge >= 0.3 is 5.69 Å². The smallest absolute Gasteiger partial charge is 0.330 e. The molecule has 7 nitrogen and oxygen atoms in total. The zero-order valence-electron chi connectivity index (χ0n) is 9.88. The van der Waals surface area contributed by atoms with Gasteiger partial charge in [0, 0.05) is 12.6 Å². The van der Waals surface area contributed by atoms with E-state index in [0.717, 1.165) is 4.57 Å². The third kappa shape index (κ3) is 2.32. The van der Waals surface area contributed by atoms with Gasteiger partial charge in [-0.15, -0.1) is 6.58 Å². The van der Waals surface area contributed by atoms with Gasteiger partial charge in [-0.3, -0.25) is 14.3 Å². The molecule has 1 aromatic rings. The largest absolute Gasteiger partial charge is 0.393 e. The number of hydrogen-bond acceptors (Lipinski definition) is 5. The molecule has 1 fully saturated rings. The van der Waals surface area contributed by atoms with Crippen molar-refractivity contribution in [3.05, 3.63) is 44.2 Å². The van der Waals surface area contributed by atoms with E-state index in [1.165, 1.54) is 12.3 Å². The molecule has 1 aliphatic heterocycles. The van der Waals surface area contributed by atoms with Crippen LogP contribution in [0.25, 0.3) is 0 Å². The highest BCUT2D eigenvalue weighted by Crippen LogP contribution is 2.36. The topological polar surface area (TPSA) is 105 Å². The third-order valence-corrected chi connectivity index (χ3v) is 3.74. The molecule has 0 unspecified atom stereocenters. The Labute approximate surface area is 116 Å². The van der Waals surface area contributed by atoms with Gasteiger partial charge in [0.15, 0.2) is 0 Å². The first kappa shape index (κ1) is 14.2. The Morgan fingerprint density at radius 2 is 2.37 bits per heavy atom. The van der Waals surface area contributed by atoms with Crippen molar-refractivity contribution in [2.75, 3.05) is 6.61 Å². The summed E-state index contributed by atoms with van der Waals surface area (Å²) in [7, 11) is 0. The number of halogens is 1. The maximum Gasteiger partial charge on any atom is 0.330 e. The Bertz CT molecular complexity index is 610. The van der Waals surface area contributed by atoms with Crippen LogP contribution in [0.4, 0.5) is 0 Å². The maximum atomic E-state index is 11.7. The van der Waals surface area contributed by atoms with Gasteiger partial charge in [-0.1, -0.05) is 6.08 Å². The van der Waals surface area contributed by atoms with Crippen LogP contribution in [0.5, 0.6) is 0 Å².